The topological polar surface area (TPSA) is 51.6 Å². The highest BCUT2D eigenvalue weighted by Crippen LogP contribution is 2.16. The van der Waals surface area contributed by atoms with Crippen molar-refractivity contribution in [3.05, 3.63) is 131 Å². The molecular formula is C32H22N4. The monoisotopic (exact) mass is 462 g/mol. The molecule has 0 spiro atoms. The molecule has 1 aromatic carbocycles. The van der Waals surface area contributed by atoms with E-state index in [4.69, 9.17) is 0 Å². The molecule has 0 amide bonds. The van der Waals surface area contributed by atoms with Crippen molar-refractivity contribution in [3.8, 4) is 46.5 Å². The molecule has 0 N–H and O–H groups in total. The second kappa shape index (κ2) is 10.5. The van der Waals surface area contributed by atoms with Crippen LogP contribution in [0.25, 0.3) is 22.8 Å². The maximum absolute atomic E-state index is 4.51. The van der Waals surface area contributed by atoms with E-state index >= 15 is 0 Å². The molecule has 0 fully saturated rings. The van der Waals surface area contributed by atoms with Crippen molar-refractivity contribution < 1.29 is 0 Å². The number of pyridine rings is 4. The maximum atomic E-state index is 4.51. The molecule has 0 saturated heterocycles. The summed E-state index contributed by atoms with van der Waals surface area (Å²) < 4.78 is 0. The Bertz CT molecular complexity index is 1500. The highest BCUT2D eigenvalue weighted by atomic mass is 14.8. The minimum absolute atomic E-state index is 0.837. The molecule has 5 aromatic rings. The summed E-state index contributed by atoms with van der Waals surface area (Å²) in [6.45, 7) is 3.94. The zero-order chi connectivity index (χ0) is 24.7. The van der Waals surface area contributed by atoms with Gasteiger partial charge < -0.3 is 0 Å². The highest BCUT2D eigenvalue weighted by Gasteiger charge is 2.02. The van der Waals surface area contributed by atoms with E-state index in [1.165, 1.54) is 0 Å². The third-order valence-electron chi connectivity index (χ3n) is 5.42. The van der Waals surface area contributed by atoms with Crippen molar-refractivity contribution in [3.63, 3.8) is 0 Å². The van der Waals surface area contributed by atoms with E-state index in [9.17, 15) is 0 Å². The highest BCUT2D eigenvalue weighted by molar-refractivity contribution is 5.57. The second-order valence-corrected chi connectivity index (χ2v) is 8.27. The van der Waals surface area contributed by atoms with E-state index in [0.717, 1.165) is 56.4 Å². The predicted molar refractivity (Wildman–Crippen MR) is 143 cm³/mol. The first-order chi connectivity index (χ1) is 17.6. The molecule has 0 radical (unpaired) electrons. The summed E-state index contributed by atoms with van der Waals surface area (Å²) in [5.74, 6) is 12.7. The quantitative estimate of drug-likeness (QED) is 0.301. The summed E-state index contributed by atoms with van der Waals surface area (Å²) in [5, 5.41) is 0. The van der Waals surface area contributed by atoms with Crippen molar-refractivity contribution >= 4 is 0 Å². The van der Waals surface area contributed by atoms with Gasteiger partial charge in [-0.2, -0.15) is 0 Å². The van der Waals surface area contributed by atoms with E-state index in [1.54, 1.807) is 12.4 Å². The first-order valence-electron chi connectivity index (χ1n) is 11.6. The summed E-state index contributed by atoms with van der Waals surface area (Å²) in [6, 6.07) is 27.5. The molecule has 0 saturated carbocycles. The molecule has 0 aliphatic rings. The maximum Gasteiger partial charge on any atom is 0.0889 e. The minimum Gasteiger partial charge on any atom is -0.253 e. The van der Waals surface area contributed by atoms with Crippen LogP contribution in [0.2, 0.25) is 0 Å². The van der Waals surface area contributed by atoms with E-state index in [1.807, 2.05) is 98.8 Å². The number of hydrogen-bond donors (Lipinski definition) is 0. The average molecular weight is 463 g/mol. The summed E-state index contributed by atoms with van der Waals surface area (Å²) in [5.41, 5.74) is 8.88. The summed E-state index contributed by atoms with van der Waals surface area (Å²) in [6.07, 6.45) is 3.56. The van der Waals surface area contributed by atoms with Crippen molar-refractivity contribution in [1.82, 2.24) is 19.9 Å². The molecule has 4 heteroatoms. The van der Waals surface area contributed by atoms with Crippen LogP contribution >= 0.6 is 0 Å². The third-order valence-corrected chi connectivity index (χ3v) is 5.42. The van der Waals surface area contributed by atoms with Gasteiger partial charge in [0.1, 0.15) is 0 Å². The van der Waals surface area contributed by atoms with Gasteiger partial charge in [-0.15, -0.1) is 0 Å². The molecule has 0 aliphatic carbocycles. The van der Waals surface area contributed by atoms with Crippen LogP contribution in [0.5, 0.6) is 0 Å². The number of aromatic nitrogens is 4. The Balaban J connectivity index is 1.24. The lowest BCUT2D eigenvalue weighted by atomic mass is 10.1. The van der Waals surface area contributed by atoms with Gasteiger partial charge in [-0.05, 0) is 86.6 Å². The molecule has 0 unspecified atom stereocenters. The summed E-state index contributed by atoms with van der Waals surface area (Å²) >= 11 is 0. The van der Waals surface area contributed by atoms with E-state index in [2.05, 4.69) is 43.6 Å². The zero-order valence-corrected chi connectivity index (χ0v) is 20.0. The lowest BCUT2D eigenvalue weighted by Gasteiger charge is -2.01. The van der Waals surface area contributed by atoms with Gasteiger partial charge in [0.2, 0.25) is 0 Å². The smallest absolute Gasteiger partial charge is 0.0889 e. The third kappa shape index (κ3) is 5.70. The van der Waals surface area contributed by atoms with Gasteiger partial charge in [0.05, 0.1) is 22.8 Å². The number of benzene rings is 1. The normalized spacial score (nSPS) is 10.1. The summed E-state index contributed by atoms with van der Waals surface area (Å²) in [7, 11) is 0. The molecule has 4 nitrogen and oxygen atoms in total. The van der Waals surface area contributed by atoms with E-state index in [0.29, 0.717) is 0 Å². The van der Waals surface area contributed by atoms with Crippen molar-refractivity contribution in [2.75, 3.05) is 0 Å². The van der Waals surface area contributed by atoms with Gasteiger partial charge in [0, 0.05) is 46.0 Å². The van der Waals surface area contributed by atoms with Gasteiger partial charge in [-0.3, -0.25) is 19.9 Å². The SMILES string of the molecule is Cc1cccc(-c2ccc(C#Cc3ccc(C#Cc4ccc(-c5cccc(C)n5)nc4)cc3)cn2)n1. The van der Waals surface area contributed by atoms with Crippen LogP contribution in [0.15, 0.2) is 97.3 Å². The Morgan fingerprint density at radius 3 is 1.17 bits per heavy atom. The predicted octanol–water partition coefficient (Wildman–Crippen LogP) is 6.02. The second-order valence-electron chi connectivity index (χ2n) is 8.27. The Kier molecular flexibility index (Phi) is 6.61. The molecule has 170 valence electrons. The van der Waals surface area contributed by atoms with Gasteiger partial charge in [-0.1, -0.05) is 35.8 Å². The molecule has 0 aliphatic heterocycles. The largest absolute Gasteiger partial charge is 0.253 e. The van der Waals surface area contributed by atoms with Crippen molar-refractivity contribution in [1.29, 1.82) is 0 Å². The van der Waals surface area contributed by atoms with Crippen LogP contribution < -0.4 is 0 Å². The molecule has 4 aromatic heterocycles. The van der Waals surface area contributed by atoms with Crippen LogP contribution in [0.4, 0.5) is 0 Å². The number of hydrogen-bond acceptors (Lipinski definition) is 4. The van der Waals surface area contributed by atoms with Crippen LogP contribution in [0, 0.1) is 37.5 Å². The van der Waals surface area contributed by atoms with Gasteiger partial charge in [0.25, 0.3) is 0 Å². The first-order valence-corrected chi connectivity index (χ1v) is 11.6. The molecule has 0 bridgehead atoms. The van der Waals surface area contributed by atoms with Gasteiger partial charge in [-0.25, -0.2) is 0 Å². The standard InChI is InChI=1S/C32H22N4/c1-23-5-3-7-31(35-23)29-19-17-27(21-33-29)15-13-25-9-11-26(12-10-25)14-16-28-18-20-30(34-22-28)32-8-4-6-24(2)36-32/h3-12,17-22H,1-2H3. The Morgan fingerprint density at radius 2 is 0.806 bits per heavy atom. The Labute approximate surface area is 211 Å². The van der Waals surface area contributed by atoms with E-state index in [-0.39, 0.29) is 0 Å². The fraction of sp³-hybridized carbons (Fsp3) is 0.0625. The number of nitrogens with zero attached hydrogens (tertiary/aromatic N) is 4. The zero-order valence-electron chi connectivity index (χ0n) is 20.0. The number of rotatable bonds is 2. The van der Waals surface area contributed by atoms with Crippen molar-refractivity contribution in [2.24, 2.45) is 0 Å². The lowest BCUT2D eigenvalue weighted by Crippen LogP contribution is -1.89. The molecule has 4 heterocycles. The van der Waals surface area contributed by atoms with Gasteiger partial charge in [0.15, 0.2) is 0 Å². The molecule has 5 rings (SSSR count). The van der Waals surface area contributed by atoms with Gasteiger partial charge >= 0.3 is 0 Å². The summed E-state index contributed by atoms with van der Waals surface area (Å²) in [4.78, 5) is 18.0. The van der Waals surface area contributed by atoms with Crippen LogP contribution in [0.1, 0.15) is 33.6 Å². The van der Waals surface area contributed by atoms with Crippen LogP contribution in [-0.4, -0.2) is 19.9 Å². The van der Waals surface area contributed by atoms with Crippen LogP contribution in [-0.2, 0) is 0 Å². The Hall–Kier alpha value is -5.06. The fourth-order valence-electron chi connectivity index (χ4n) is 3.54. The molecule has 36 heavy (non-hydrogen) atoms. The molecular weight excluding hydrogens is 440 g/mol. The van der Waals surface area contributed by atoms with Crippen LogP contribution in [0.3, 0.4) is 0 Å². The fourth-order valence-corrected chi connectivity index (χ4v) is 3.54. The first kappa shape index (κ1) is 22.7. The number of aryl methyl sites for hydroxylation is 2. The Morgan fingerprint density at radius 1 is 0.417 bits per heavy atom. The van der Waals surface area contributed by atoms with Crippen molar-refractivity contribution in [2.45, 2.75) is 13.8 Å². The molecule has 0 atom stereocenters. The minimum atomic E-state index is 0.837. The van der Waals surface area contributed by atoms with E-state index < -0.39 is 0 Å². The lowest BCUT2D eigenvalue weighted by molar-refractivity contribution is 1.17. The average Bonchev–Trinajstić information content (AvgIpc) is 2.92.